The van der Waals surface area contributed by atoms with Crippen LogP contribution in [0.3, 0.4) is 0 Å². The van der Waals surface area contributed by atoms with Crippen molar-refractivity contribution >= 4 is 17.6 Å². The van der Waals surface area contributed by atoms with Crippen molar-refractivity contribution in [3.63, 3.8) is 0 Å². The topological polar surface area (TPSA) is 79.9 Å². The highest BCUT2D eigenvalue weighted by molar-refractivity contribution is 5.92. The number of alkyl halides is 1. The molecule has 1 unspecified atom stereocenters. The molecule has 4 rings (SSSR count). The van der Waals surface area contributed by atoms with Gasteiger partial charge in [-0.25, -0.2) is 9.18 Å². The Kier molecular flexibility index (Phi) is 5.24. The van der Waals surface area contributed by atoms with Gasteiger partial charge in [0.15, 0.2) is 11.5 Å². The van der Waals surface area contributed by atoms with Crippen LogP contribution in [0, 0.1) is 0 Å². The number of nitrogens with one attached hydrogen (secondary N) is 2. The summed E-state index contributed by atoms with van der Waals surface area (Å²) < 4.78 is 26.1. The number of hydrogen-bond acceptors (Lipinski definition) is 4. The van der Waals surface area contributed by atoms with Gasteiger partial charge in [0.25, 0.3) is 5.91 Å². The third-order valence-corrected chi connectivity index (χ3v) is 5.00. The number of amides is 3. The monoisotopic (exact) mass is 399 g/mol. The number of benzene rings is 2. The predicted octanol–water partition coefficient (Wildman–Crippen LogP) is 2.72. The lowest BCUT2D eigenvalue weighted by Gasteiger charge is -2.22. The minimum absolute atomic E-state index is 0.0395. The average molecular weight is 399 g/mol. The van der Waals surface area contributed by atoms with Crippen LogP contribution < -0.4 is 20.1 Å². The first kappa shape index (κ1) is 19.0. The van der Waals surface area contributed by atoms with Crippen molar-refractivity contribution in [2.45, 2.75) is 18.6 Å². The Hall–Kier alpha value is -3.29. The molecule has 0 saturated carbocycles. The molecule has 2 aliphatic heterocycles. The van der Waals surface area contributed by atoms with Crippen molar-refractivity contribution in [3.05, 3.63) is 54.1 Å². The van der Waals surface area contributed by atoms with Gasteiger partial charge in [-0.2, -0.15) is 0 Å². The number of urea groups is 1. The summed E-state index contributed by atoms with van der Waals surface area (Å²) in [4.78, 5) is 26.2. The number of anilines is 1. The lowest BCUT2D eigenvalue weighted by atomic mass is 10.0. The Balaban J connectivity index is 1.33. The van der Waals surface area contributed by atoms with Crippen LogP contribution in [0.5, 0.6) is 11.5 Å². The fraction of sp³-hybridized carbons (Fsp3) is 0.333. The first-order chi connectivity index (χ1) is 14.0. The van der Waals surface area contributed by atoms with Crippen LogP contribution in [-0.2, 0) is 11.3 Å². The van der Waals surface area contributed by atoms with Crippen molar-refractivity contribution in [2.75, 3.05) is 31.6 Å². The highest BCUT2D eigenvalue weighted by Gasteiger charge is 2.46. The Bertz CT molecular complexity index is 908. The molecule has 3 amide bonds. The van der Waals surface area contributed by atoms with E-state index >= 15 is 4.39 Å². The number of nitrogens with zero attached hydrogens (tertiary/aromatic N) is 1. The second-order valence-corrected chi connectivity index (χ2v) is 7.09. The number of carbonyl (C=O) groups is 2. The normalized spacial score (nSPS) is 20.2. The van der Waals surface area contributed by atoms with Gasteiger partial charge in [0.1, 0.15) is 13.2 Å². The molecule has 2 aliphatic rings. The molecule has 8 heteroatoms. The Morgan fingerprint density at radius 3 is 2.62 bits per heavy atom. The van der Waals surface area contributed by atoms with E-state index < -0.39 is 17.6 Å². The van der Waals surface area contributed by atoms with Crippen LogP contribution in [0.25, 0.3) is 0 Å². The number of carbonyl (C=O) groups excluding carboxylic acids is 2. The van der Waals surface area contributed by atoms with Crippen LogP contribution >= 0.6 is 0 Å². The number of likely N-dealkylation sites (tertiary alicyclic amines) is 1. The van der Waals surface area contributed by atoms with E-state index in [2.05, 4.69) is 10.6 Å². The molecule has 0 spiro atoms. The Morgan fingerprint density at radius 2 is 1.83 bits per heavy atom. The highest BCUT2D eigenvalue weighted by atomic mass is 19.1. The molecule has 0 aromatic heterocycles. The Morgan fingerprint density at radius 1 is 1.07 bits per heavy atom. The molecule has 0 radical (unpaired) electrons. The number of hydrogen-bond donors (Lipinski definition) is 2. The molecule has 7 nitrogen and oxygen atoms in total. The van der Waals surface area contributed by atoms with Crippen molar-refractivity contribution < 1.29 is 23.5 Å². The van der Waals surface area contributed by atoms with Gasteiger partial charge in [0.2, 0.25) is 5.67 Å². The predicted molar refractivity (Wildman–Crippen MR) is 105 cm³/mol. The van der Waals surface area contributed by atoms with Gasteiger partial charge < -0.3 is 25.0 Å². The molecule has 152 valence electrons. The van der Waals surface area contributed by atoms with Crippen molar-refractivity contribution in [1.82, 2.24) is 10.2 Å². The fourth-order valence-electron chi connectivity index (χ4n) is 3.39. The summed E-state index contributed by atoms with van der Waals surface area (Å²) in [6, 6.07) is 13.9. The average Bonchev–Trinajstić information content (AvgIpc) is 3.16. The minimum Gasteiger partial charge on any atom is -0.486 e. The molecule has 2 aromatic carbocycles. The summed E-state index contributed by atoms with van der Waals surface area (Å²) >= 11 is 0. The van der Waals surface area contributed by atoms with Gasteiger partial charge in [0.05, 0.1) is 6.54 Å². The van der Waals surface area contributed by atoms with Crippen molar-refractivity contribution in [3.8, 4) is 11.5 Å². The molecule has 29 heavy (non-hydrogen) atoms. The van der Waals surface area contributed by atoms with E-state index in [9.17, 15) is 9.59 Å². The summed E-state index contributed by atoms with van der Waals surface area (Å²) in [5.74, 6) is 0.472. The van der Waals surface area contributed by atoms with E-state index in [0.717, 1.165) is 5.56 Å². The number of halogens is 1. The molecule has 2 heterocycles. The zero-order chi connectivity index (χ0) is 20.3. The lowest BCUT2D eigenvalue weighted by Crippen LogP contribution is -2.46. The van der Waals surface area contributed by atoms with E-state index in [4.69, 9.17) is 9.47 Å². The van der Waals surface area contributed by atoms with Gasteiger partial charge in [-0.15, -0.1) is 0 Å². The molecule has 0 aliphatic carbocycles. The smallest absolute Gasteiger partial charge is 0.321 e. The van der Waals surface area contributed by atoms with Crippen LogP contribution in [0.4, 0.5) is 14.9 Å². The minimum atomic E-state index is -2.10. The van der Waals surface area contributed by atoms with E-state index in [0.29, 0.717) is 30.4 Å². The van der Waals surface area contributed by atoms with Gasteiger partial charge >= 0.3 is 6.03 Å². The largest absolute Gasteiger partial charge is 0.486 e. The van der Waals surface area contributed by atoms with E-state index in [1.165, 1.54) is 4.90 Å². The summed E-state index contributed by atoms with van der Waals surface area (Å²) in [7, 11) is 0. The van der Waals surface area contributed by atoms with Crippen LogP contribution in [0.15, 0.2) is 48.5 Å². The molecule has 2 aromatic rings. The first-order valence-electron chi connectivity index (χ1n) is 9.50. The molecular weight excluding hydrogens is 377 g/mol. The third kappa shape index (κ3) is 4.26. The second kappa shape index (κ2) is 7.98. The van der Waals surface area contributed by atoms with Gasteiger partial charge in [-0.3, -0.25) is 4.79 Å². The lowest BCUT2D eigenvalue weighted by molar-refractivity contribution is -0.132. The SMILES string of the molecule is O=C(Nc1ccc2c(c1)OCCO2)N1CCC(F)(C(=O)NCc2ccccc2)C1. The standard InChI is InChI=1S/C21H22FN3O4/c22-21(19(26)23-13-15-4-2-1-3-5-15)8-9-25(14-21)20(27)24-16-6-7-17-18(12-16)29-11-10-28-17/h1-7,12H,8-11,13-14H2,(H,23,26)(H,24,27). The van der Waals surface area contributed by atoms with Gasteiger partial charge in [-0.1, -0.05) is 30.3 Å². The van der Waals surface area contributed by atoms with E-state index in [-0.39, 0.29) is 26.1 Å². The number of fused-ring (bicyclic) bond motifs is 1. The van der Waals surface area contributed by atoms with Crippen LogP contribution in [0.1, 0.15) is 12.0 Å². The quantitative estimate of drug-likeness (QED) is 0.829. The molecular formula is C21H22FN3O4. The summed E-state index contributed by atoms with van der Waals surface area (Å²) in [5, 5.41) is 5.34. The molecule has 0 bridgehead atoms. The number of ether oxygens (including phenoxy) is 2. The maximum absolute atomic E-state index is 15.1. The van der Waals surface area contributed by atoms with E-state index in [1.807, 2.05) is 30.3 Å². The van der Waals surface area contributed by atoms with Crippen molar-refractivity contribution in [2.24, 2.45) is 0 Å². The molecule has 1 atom stereocenters. The first-order valence-corrected chi connectivity index (χ1v) is 9.50. The highest BCUT2D eigenvalue weighted by Crippen LogP contribution is 2.33. The molecule has 1 saturated heterocycles. The van der Waals surface area contributed by atoms with E-state index in [1.54, 1.807) is 18.2 Å². The summed E-state index contributed by atoms with van der Waals surface area (Å²) in [5.41, 5.74) is -0.696. The Labute approximate surface area is 167 Å². The summed E-state index contributed by atoms with van der Waals surface area (Å²) in [6.07, 6.45) is -0.0395. The van der Waals surface area contributed by atoms with Crippen LogP contribution in [0.2, 0.25) is 0 Å². The second-order valence-electron chi connectivity index (χ2n) is 7.09. The third-order valence-electron chi connectivity index (χ3n) is 5.00. The number of rotatable bonds is 4. The summed E-state index contributed by atoms with van der Waals surface area (Å²) in [6.45, 7) is 1.04. The zero-order valence-electron chi connectivity index (χ0n) is 15.8. The van der Waals surface area contributed by atoms with Crippen molar-refractivity contribution in [1.29, 1.82) is 0 Å². The van der Waals surface area contributed by atoms with Gasteiger partial charge in [-0.05, 0) is 17.7 Å². The van der Waals surface area contributed by atoms with Gasteiger partial charge in [0, 0.05) is 31.3 Å². The molecule has 2 N–H and O–H groups in total. The van der Waals surface area contributed by atoms with Crippen LogP contribution in [-0.4, -0.2) is 48.8 Å². The maximum Gasteiger partial charge on any atom is 0.321 e. The maximum atomic E-state index is 15.1. The fourth-order valence-corrected chi connectivity index (χ4v) is 3.39. The zero-order valence-corrected chi connectivity index (χ0v) is 15.8. The molecule has 1 fully saturated rings.